The maximum atomic E-state index is 12.5. The van der Waals surface area contributed by atoms with Crippen LogP contribution in [0.2, 0.25) is 0 Å². The normalized spacial score (nSPS) is 19.7. The van der Waals surface area contributed by atoms with Crippen molar-refractivity contribution in [2.24, 2.45) is 17.8 Å². The Morgan fingerprint density at radius 1 is 1.08 bits per heavy atom. The number of carbonyl (C=O) groups is 3. The van der Waals surface area contributed by atoms with Crippen molar-refractivity contribution >= 4 is 23.5 Å². The van der Waals surface area contributed by atoms with Gasteiger partial charge in [0.15, 0.2) is 0 Å². The molecular weight excluding hydrogens is 332 g/mol. The lowest BCUT2D eigenvalue weighted by atomic mass is 9.81. The predicted octanol–water partition coefficient (Wildman–Crippen LogP) is 2.99. The van der Waals surface area contributed by atoms with E-state index in [1.54, 1.807) is 24.3 Å². The first-order valence-electron chi connectivity index (χ1n) is 9.17. The van der Waals surface area contributed by atoms with Gasteiger partial charge in [-0.25, -0.2) is 4.79 Å². The van der Waals surface area contributed by atoms with Crippen molar-refractivity contribution in [3.05, 3.63) is 29.8 Å². The number of nitrogens with one attached hydrogen (secondary N) is 2. The fraction of sp³-hybridized carbons (Fsp3) is 0.550. The van der Waals surface area contributed by atoms with Gasteiger partial charge in [-0.1, -0.05) is 19.9 Å². The average molecular weight is 360 g/mol. The van der Waals surface area contributed by atoms with Crippen LogP contribution < -0.4 is 10.6 Å². The molecule has 0 aliphatic heterocycles. The van der Waals surface area contributed by atoms with Gasteiger partial charge in [0.2, 0.25) is 11.8 Å². The van der Waals surface area contributed by atoms with Gasteiger partial charge in [-0.3, -0.25) is 9.59 Å². The highest BCUT2D eigenvalue weighted by molar-refractivity contribution is 5.95. The standard InChI is InChI=1S/C20H28N2O4/c1-13(2)12-21-18(23)14-7-9-15(10-8-14)19(24)22-17-6-4-5-16(11-17)20(25)26-3/h4-6,11,13-15H,7-10,12H2,1-3H3,(H,21,23)(H,22,24). The van der Waals surface area contributed by atoms with E-state index in [9.17, 15) is 14.4 Å². The van der Waals surface area contributed by atoms with Crippen LogP contribution in [0.4, 0.5) is 5.69 Å². The number of carbonyl (C=O) groups excluding carboxylic acids is 3. The summed E-state index contributed by atoms with van der Waals surface area (Å²) in [6.07, 6.45) is 2.85. The molecule has 2 rings (SSSR count). The summed E-state index contributed by atoms with van der Waals surface area (Å²) in [5.74, 6) is -0.0707. The summed E-state index contributed by atoms with van der Waals surface area (Å²) >= 11 is 0. The number of rotatable bonds is 6. The van der Waals surface area contributed by atoms with E-state index in [0.717, 1.165) is 12.8 Å². The van der Waals surface area contributed by atoms with Crippen LogP contribution >= 0.6 is 0 Å². The lowest BCUT2D eigenvalue weighted by Gasteiger charge is -2.27. The number of anilines is 1. The summed E-state index contributed by atoms with van der Waals surface area (Å²) < 4.78 is 4.69. The maximum absolute atomic E-state index is 12.5. The molecule has 142 valence electrons. The lowest BCUT2D eigenvalue weighted by Crippen LogP contribution is -2.37. The second kappa shape index (κ2) is 9.36. The minimum Gasteiger partial charge on any atom is -0.465 e. The fourth-order valence-electron chi connectivity index (χ4n) is 3.15. The molecule has 1 aliphatic carbocycles. The van der Waals surface area contributed by atoms with Crippen molar-refractivity contribution in [2.45, 2.75) is 39.5 Å². The van der Waals surface area contributed by atoms with Gasteiger partial charge in [-0.05, 0) is 49.8 Å². The Kier molecular flexibility index (Phi) is 7.18. The smallest absolute Gasteiger partial charge is 0.337 e. The van der Waals surface area contributed by atoms with Gasteiger partial charge in [-0.2, -0.15) is 0 Å². The van der Waals surface area contributed by atoms with Crippen molar-refractivity contribution in [1.82, 2.24) is 5.32 Å². The molecule has 1 saturated carbocycles. The molecule has 1 aliphatic rings. The van der Waals surface area contributed by atoms with E-state index < -0.39 is 5.97 Å². The van der Waals surface area contributed by atoms with Gasteiger partial charge in [0, 0.05) is 24.1 Å². The van der Waals surface area contributed by atoms with Crippen LogP contribution in [-0.4, -0.2) is 31.4 Å². The van der Waals surface area contributed by atoms with Gasteiger partial charge in [0.1, 0.15) is 0 Å². The molecule has 0 unspecified atom stereocenters. The van der Waals surface area contributed by atoms with E-state index in [2.05, 4.69) is 24.5 Å². The summed E-state index contributed by atoms with van der Waals surface area (Å²) in [5, 5.41) is 5.84. The molecule has 0 aromatic heterocycles. The number of ether oxygens (including phenoxy) is 1. The van der Waals surface area contributed by atoms with Gasteiger partial charge in [0.05, 0.1) is 12.7 Å². The molecule has 2 amide bonds. The van der Waals surface area contributed by atoms with E-state index in [1.165, 1.54) is 7.11 Å². The molecule has 1 fully saturated rings. The van der Waals surface area contributed by atoms with E-state index in [1.807, 2.05) is 0 Å². The maximum Gasteiger partial charge on any atom is 0.337 e. The van der Waals surface area contributed by atoms with Crippen LogP contribution in [0.15, 0.2) is 24.3 Å². The zero-order valence-corrected chi connectivity index (χ0v) is 15.7. The van der Waals surface area contributed by atoms with Gasteiger partial charge in [0.25, 0.3) is 0 Å². The molecule has 0 saturated heterocycles. The molecule has 6 nitrogen and oxygen atoms in total. The second-order valence-electron chi connectivity index (χ2n) is 7.25. The summed E-state index contributed by atoms with van der Waals surface area (Å²) in [5.41, 5.74) is 0.977. The molecule has 26 heavy (non-hydrogen) atoms. The van der Waals surface area contributed by atoms with Crippen LogP contribution in [0, 0.1) is 17.8 Å². The van der Waals surface area contributed by atoms with E-state index in [0.29, 0.717) is 36.6 Å². The molecule has 0 radical (unpaired) electrons. The Labute approximate surface area is 154 Å². The first-order chi connectivity index (χ1) is 12.4. The number of benzene rings is 1. The lowest BCUT2D eigenvalue weighted by molar-refractivity contribution is -0.128. The molecular formula is C20H28N2O4. The average Bonchev–Trinajstić information content (AvgIpc) is 2.65. The minimum atomic E-state index is -0.436. The molecule has 6 heteroatoms. The topological polar surface area (TPSA) is 84.5 Å². The van der Waals surface area contributed by atoms with Crippen LogP contribution in [-0.2, 0) is 14.3 Å². The number of hydrogen-bond donors (Lipinski definition) is 2. The summed E-state index contributed by atoms with van der Waals surface area (Å²) in [6, 6.07) is 6.70. The summed E-state index contributed by atoms with van der Waals surface area (Å²) in [4.78, 5) is 36.2. The van der Waals surface area contributed by atoms with Crippen molar-refractivity contribution in [2.75, 3.05) is 19.0 Å². The summed E-state index contributed by atoms with van der Waals surface area (Å²) in [6.45, 7) is 4.82. The van der Waals surface area contributed by atoms with Gasteiger partial charge in [-0.15, -0.1) is 0 Å². The Morgan fingerprint density at radius 2 is 1.69 bits per heavy atom. The van der Waals surface area contributed by atoms with E-state index in [4.69, 9.17) is 4.74 Å². The van der Waals surface area contributed by atoms with Crippen molar-refractivity contribution < 1.29 is 19.1 Å². The van der Waals surface area contributed by atoms with Crippen molar-refractivity contribution in [1.29, 1.82) is 0 Å². The van der Waals surface area contributed by atoms with Crippen molar-refractivity contribution in [3.63, 3.8) is 0 Å². The number of amides is 2. The van der Waals surface area contributed by atoms with Crippen LogP contribution in [0.25, 0.3) is 0 Å². The molecule has 0 spiro atoms. The third-order valence-corrected chi connectivity index (χ3v) is 4.70. The van der Waals surface area contributed by atoms with Gasteiger partial charge < -0.3 is 15.4 Å². The number of esters is 1. The number of hydrogen-bond acceptors (Lipinski definition) is 4. The van der Waals surface area contributed by atoms with Crippen LogP contribution in [0.3, 0.4) is 0 Å². The molecule has 1 aromatic carbocycles. The number of methoxy groups -OCH3 is 1. The highest BCUT2D eigenvalue weighted by Crippen LogP contribution is 2.30. The Morgan fingerprint density at radius 3 is 2.27 bits per heavy atom. The Balaban J connectivity index is 1.85. The SMILES string of the molecule is COC(=O)c1cccc(NC(=O)C2CCC(C(=O)NCC(C)C)CC2)c1. The monoisotopic (exact) mass is 360 g/mol. The highest BCUT2D eigenvalue weighted by Gasteiger charge is 2.30. The Bertz CT molecular complexity index is 649. The molecule has 0 heterocycles. The minimum absolute atomic E-state index is 0.000419. The highest BCUT2D eigenvalue weighted by atomic mass is 16.5. The molecule has 0 atom stereocenters. The zero-order valence-electron chi connectivity index (χ0n) is 15.7. The fourth-order valence-corrected chi connectivity index (χ4v) is 3.15. The first-order valence-corrected chi connectivity index (χ1v) is 9.17. The van der Waals surface area contributed by atoms with E-state index in [-0.39, 0.29) is 23.7 Å². The largest absolute Gasteiger partial charge is 0.465 e. The summed E-state index contributed by atoms with van der Waals surface area (Å²) in [7, 11) is 1.32. The van der Waals surface area contributed by atoms with Crippen LogP contribution in [0.5, 0.6) is 0 Å². The Hall–Kier alpha value is -2.37. The third-order valence-electron chi connectivity index (χ3n) is 4.70. The zero-order chi connectivity index (χ0) is 19.1. The molecule has 2 N–H and O–H groups in total. The quantitative estimate of drug-likeness (QED) is 0.764. The third kappa shape index (κ3) is 5.58. The van der Waals surface area contributed by atoms with Crippen molar-refractivity contribution in [3.8, 4) is 0 Å². The molecule has 1 aromatic rings. The second-order valence-corrected chi connectivity index (χ2v) is 7.25. The van der Waals surface area contributed by atoms with E-state index >= 15 is 0 Å². The first kappa shape index (κ1) is 19.9. The predicted molar refractivity (Wildman–Crippen MR) is 99.7 cm³/mol. The van der Waals surface area contributed by atoms with Gasteiger partial charge >= 0.3 is 5.97 Å². The molecule has 0 bridgehead atoms. The van der Waals surface area contributed by atoms with Crippen LogP contribution in [0.1, 0.15) is 49.9 Å².